The van der Waals surface area contributed by atoms with Gasteiger partial charge in [-0.3, -0.25) is 23.4 Å². The third kappa shape index (κ3) is 34.1. The Morgan fingerprint density at radius 3 is 1.63 bits per heavy atom. The molecule has 0 aromatic heterocycles. The van der Waals surface area contributed by atoms with Gasteiger partial charge < -0.3 is 25.2 Å². The summed E-state index contributed by atoms with van der Waals surface area (Å²) in [5, 5.41) is 8.84. The van der Waals surface area contributed by atoms with Crippen LogP contribution in [-0.2, 0) is 37.5 Å². The molecular formula is C39H66NO10P. The minimum absolute atomic E-state index is 0.0968. The molecule has 0 rings (SSSR count). The van der Waals surface area contributed by atoms with Crippen LogP contribution in [0.5, 0.6) is 0 Å². The van der Waals surface area contributed by atoms with Gasteiger partial charge in [0.05, 0.1) is 13.2 Å². The summed E-state index contributed by atoms with van der Waals surface area (Å²) in [6.45, 7) is 2.62. The second-order valence-corrected chi connectivity index (χ2v) is 13.8. The number of carbonyl (C=O) groups excluding carboxylic acids is 2. The van der Waals surface area contributed by atoms with Gasteiger partial charge in [-0.15, -0.1) is 0 Å². The van der Waals surface area contributed by atoms with E-state index in [1.54, 1.807) is 0 Å². The van der Waals surface area contributed by atoms with Crippen molar-refractivity contribution in [1.29, 1.82) is 0 Å². The third-order valence-corrected chi connectivity index (χ3v) is 8.48. The van der Waals surface area contributed by atoms with Gasteiger partial charge in [0.1, 0.15) is 12.6 Å². The fourth-order valence-electron chi connectivity index (χ4n) is 4.52. The second-order valence-electron chi connectivity index (χ2n) is 12.4. The van der Waals surface area contributed by atoms with Crippen LogP contribution in [0.4, 0.5) is 0 Å². The van der Waals surface area contributed by atoms with Crippen LogP contribution in [-0.4, -0.2) is 59.9 Å². The highest BCUT2D eigenvalue weighted by Gasteiger charge is 2.28. The average molecular weight is 740 g/mol. The number of phosphoric acid groups is 1. The minimum Gasteiger partial charge on any atom is -0.480 e. The number of esters is 2. The van der Waals surface area contributed by atoms with Gasteiger partial charge in [-0.25, -0.2) is 4.57 Å². The van der Waals surface area contributed by atoms with Crippen LogP contribution in [0.25, 0.3) is 0 Å². The van der Waals surface area contributed by atoms with E-state index in [0.717, 1.165) is 44.9 Å². The third-order valence-electron chi connectivity index (χ3n) is 7.53. The van der Waals surface area contributed by atoms with E-state index in [9.17, 15) is 23.8 Å². The molecule has 12 heteroatoms. The Labute approximate surface area is 307 Å². The molecule has 0 radical (unpaired) electrons. The van der Waals surface area contributed by atoms with Crippen molar-refractivity contribution >= 4 is 25.7 Å². The number of hydrogen-bond donors (Lipinski definition) is 3. The Balaban J connectivity index is 4.50. The first-order valence-corrected chi connectivity index (χ1v) is 20.3. The van der Waals surface area contributed by atoms with Crippen LogP contribution in [0.1, 0.15) is 136 Å². The van der Waals surface area contributed by atoms with Crippen molar-refractivity contribution in [2.75, 3.05) is 19.8 Å². The number of allylic oxidation sites excluding steroid dienone is 10. The van der Waals surface area contributed by atoms with E-state index in [1.807, 2.05) is 12.2 Å². The maximum absolute atomic E-state index is 12.5. The Hall–Kier alpha value is -2.82. The van der Waals surface area contributed by atoms with Crippen molar-refractivity contribution in [3.63, 3.8) is 0 Å². The van der Waals surface area contributed by atoms with Crippen LogP contribution in [0.15, 0.2) is 60.8 Å². The number of ether oxygens (including phenoxy) is 2. The molecule has 0 spiro atoms. The molecule has 0 aromatic rings. The largest absolute Gasteiger partial charge is 0.480 e. The summed E-state index contributed by atoms with van der Waals surface area (Å²) < 4.78 is 32.4. The van der Waals surface area contributed by atoms with Gasteiger partial charge in [0, 0.05) is 12.8 Å². The quantitative estimate of drug-likeness (QED) is 0.0249. The number of hydrogen-bond acceptors (Lipinski definition) is 9. The molecule has 0 fully saturated rings. The standard InChI is InChI=1S/C39H66NO10P/c1-3-5-7-9-11-13-14-15-16-17-18-19-20-21-22-23-25-26-28-30-37(41)47-32-35(33-48-51(45,46)49-34-36(40)39(43)44)50-38(42)31-29-27-24-12-10-8-6-4-2/h11,13,15-16,18-19,21-22,25-26,35-36H,3-10,12,14,17,20,23-24,27-34,40H2,1-2H3,(H,43,44)(H,45,46)/b13-11+,16-15+,19-18+,22-21+,26-25+/t35-,36+/m0/s1. The number of rotatable bonds is 34. The maximum atomic E-state index is 12.5. The lowest BCUT2D eigenvalue weighted by Crippen LogP contribution is -2.34. The van der Waals surface area contributed by atoms with Crippen molar-refractivity contribution in [2.45, 2.75) is 148 Å². The maximum Gasteiger partial charge on any atom is 0.472 e. The zero-order valence-corrected chi connectivity index (χ0v) is 32.1. The molecule has 1 unspecified atom stereocenters. The van der Waals surface area contributed by atoms with E-state index >= 15 is 0 Å². The zero-order valence-electron chi connectivity index (χ0n) is 31.2. The fourth-order valence-corrected chi connectivity index (χ4v) is 5.29. The van der Waals surface area contributed by atoms with Gasteiger partial charge >= 0.3 is 25.7 Å². The van der Waals surface area contributed by atoms with Crippen molar-refractivity contribution in [3.05, 3.63) is 60.8 Å². The van der Waals surface area contributed by atoms with Gasteiger partial charge in [0.25, 0.3) is 0 Å². The van der Waals surface area contributed by atoms with E-state index in [1.165, 1.54) is 51.4 Å². The van der Waals surface area contributed by atoms with E-state index in [4.69, 9.17) is 24.8 Å². The number of aliphatic carboxylic acids is 1. The molecule has 0 aromatic carbocycles. The monoisotopic (exact) mass is 739 g/mol. The molecule has 0 bridgehead atoms. The fraction of sp³-hybridized carbons (Fsp3) is 0.667. The van der Waals surface area contributed by atoms with Crippen LogP contribution < -0.4 is 5.73 Å². The predicted octanol–water partition coefficient (Wildman–Crippen LogP) is 9.22. The molecule has 51 heavy (non-hydrogen) atoms. The number of carboxylic acids is 1. The molecule has 0 aliphatic heterocycles. The SMILES string of the molecule is CCCCC/C=C/C/C=C/C/C=C/C/C=C/C/C=C/CCC(=O)OC[C@@H](COP(=O)(O)OC[C@@H](N)C(=O)O)OC(=O)CCCCCCCCCC. The van der Waals surface area contributed by atoms with Gasteiger partial charge in [-0.2, -0.15) is 0 Å². The lowest BCUT2D eigenvalue weighted by Gasteiger charge is -2.20. The van der Waals surface area contributed by atoms with Crippen LogP contribution in [0.3, 0.4) is 0 Å². The minimum atomic E-state index is -4.72. The molecule has 0 saturated carbocycles. The first-order chi connectivity index (χ1) is 24.6. The van der Waals surface area contributed by atoms with E-state index in [2.05, 4.69) is 67.0 Å². The predicted molar refractivity (Wildman–Crippen MR) is 203 cm³/mol. The summed E-state index contributed by atoms with van der Waals surface area (Å²) in [5.41, 5.74) is 5.30. The van der Waals surface area contributed by atoms with Gasteiger partial charge in [0.15, 0.2) is 6.10 Å². The molecular weight excluding hydrogens is 673 g/mol. The molecule has 292 valence electrons. The topological polar surface area (TPSA) is 172 Å². The number of unbranched alkanes of at least 4 members (excludes halogenated alkanes) is 10. The number of nitrogens with two attached hydrogens (primary N) is 1. The van der Waals surface area contributed by atoms with Crippen LogP contribution in [0, 0.1) is 0 Å². The Morgan fingerprint density at radius 1 is 0.608 bits per heavy atom. The summed E-state index contributed by atoms with van der Waals surface area (Å²) in [6, 6.07) is -1.53. The summed E-state index contributed by atoms with van der Waals surface area (Å²) >= 11 is 0. The molecule has 0 aliphatic rings. The number of phosphoric ester groups is 1. The summed E-state index contributed by atoms with van der Waals surface area (Å²) in [6.07, 6.45) is 37.6. The molecule has 3 atom stereocenters. The van der Waals surface area contributed by atoms with E-state index in [-0.39, 0.29) is 19.4 Å². The Bertz CT molecular complexity index is 1100. The Kier molecular flexibility index (Phi) is 32.4. The Morgan fingerprint density at radius 2 is 1.08 bits per heavy atom. The second kappa shape index (κ2) is 34.3. The summed E-state index contributed by atoms with van der Waals surface area (Å²) in [4.78, 5) is 45.5. The van der Waals surface area contributed by atoms with Crippen molar-refractivity contribution in [2.24, 2.45) is 5.73 Å². The molecule has 0 aliphatic carbocycles. The lowest BCUT2D eigenvalue weighted by molar-refractivity contribution is -0.161. The van der Waals surface area contributed by atoms with Crippen LogP contribution in [0.2, 0.25) is 0 Å². The van der Waals surface area contributed by atoms with Gasteiger partial charge in [0.2, 0.25) is 0 Å². The van der Waals surface area contributed by atoms with E-state index < -0.39 is 51.1 Å². The molecule has 4 N–H and O–H groups in total. The molecule has 0 amide bonds. The molecule has 11 nitrogen and oxygen atoms in total. The average Bonchev–Trinajstić information content (AvgIpc) is 3.10. The highest BCUT2D eigenvalue weighted by Crippen LogP contribution is 2.43. The first kappa shape index (κ1) is 48.2. The first-order valence-electron chi connectivity index (χ1n) is 18.8. The highest BCUT2D eigenvalue weighted by atomic mass is 31.2. The van der Waals surface area contributed by atoms with Crippen LogP contribution >= 0.6 is 7.82 Å². The van der Waals surface area contributed by atoms with Crippen molar-refractivity contribution in [1.82, 2.24) is 0 Å². The van der Waals surface area contributed by atoms with Gasteiger partial charge in [-0.05, 0) is 51.4 Å². The highest BCUT2D eigenvalue weighted by molar-refractivity contribution is 7.47. The summed E-state index contributed by atoms with van der Waals surface area (Å²) in [5.74, 6) is -2.50. The molecule has 0 heterocycles. The zero-order chi connectivity index (χ0) is 37.8. The van der Waals surface area contributed by atoms with Crippen molar-refractivity contribution in [3.8, 4) is 0 Å². The lowest BCUT2D eigenvalue weighted by atomic mass is 10.1. The normalized spacial score (nSPS) is 14.6. The summed E-state index contributed by atoms with van der Waals surface area (Å²) in [7, 11) is -4.72. The molecule has 0 saturated heterocycles. The number of carboxylic acid groups (broad SMARTS) is 1. The smallest absolute Gasteiger partial charge is 0.472 e. The van der Waals surface area contributed by atoms with Crippen molar-refractivity contribution < 1.29 is 47.5 Å². The van der Waals surface area contributed by atoms with Gasteiger partial charge in [-0.1, -0.05) is 132 Å². The van der Waals surface area contributed by atoms with E-state index in [0.29, 0.717) is 12.8 Å². The number of carbonyl (C=O) groups is 3.